The Morgan fingerprint density at radius 2 is 2.00 bits per heavy atom. The van der Waals surface area contributed by atoms with Crippen LogP contribution in [0.4, 0.5) is 0 Å². The summed E-state index contributed by atoms with van der Waals surface area (Å²) in [7, 11) is 0. The minimum atomic E-state index is -0.629. The first-order valence-corrected chi connectivity index (χ1v) is 12.2. The number of morpholine rings is 1. The normalized spacial score (nSPS) is 27.8. The molecule has 4 N–H and O–H groups in total. The lowest BCUT2D eigenvalue weighted by Crippen LogP contribution is -2.46. The lowest BCUT2D eigenvalue weighted by molar-refractivity contribution is -0.119. The predicted octanol–water partition coefficient (Wildman–Crippen LogP) is 1.95. The maximum absolute atomic E-state index is 11.5. The summed E-state index contributed by atoms with van der Waals surface area (Å²) in [5, 5.41) is 1.02. The molecule has 2 aromatic rings. The molecule has 168 valence electrons. The summed E-state index contributed by atoms with van der Waals surface area (Å²) in [5.41, 5.74) is 12.6. The molecular formula is C22H31N5O3S. The second-order valence-corrected chi connectivity index (χ2v) is 10.1. The number of aromatic nitrogens is 2. The number of amides is 1. The first-order valence-electron chi connectivity index (χ1n) is 11.4. The Morgan fingerprint density at radius 1 is 1.23 bits per heavy atom. The monoisotopic (exact) mass is 445 g/mol. The Balaban J connectivity index is 1.31. The van der Waals surface area contributed by atoms with Gasteiger partial charge in [0.15, 0.2) is 0 Å². The molecule has 2 aromatic heterocycles. The van der Waals surface area contributed by atoms with E-state index in [1.807, 2.05) is 0 Å². The van der Waals surface area contributed by atoms with E-state index in [4.69, 9.17) is 20.9 Å². The molecule has 9 heteroatoms. The van der Waals surface area contributed by atoms with Crippen molar-refractivity contribution in [3.63, 3.8) is 0 Å². The Hall–Kier alpha value is -1.81. The summed E-state index contributed by atoms with van der Waals surface area (Å²) in [6, 6.07) is 0.00888. The molecule has 0 spiro atoms. The largest absolute Gasteiger partial charge is 0.474 e. The van der Waals surface area contributed by atoms with Crippen molar-refractivity contribution >= 4 is 27.5 Å². The minimum absolute atomic E-state index is 0.179. The molecular weight excluding hydrogens is 414 g/mol. The van der Waals surface area contributed by atoms with E-state index >= 15 is 0 Å². The highest BCUT2D eigenvalue weighted by atomic mass is 32.1. The van der Waals surface area contributed by atoms with Crippen molar-refractivity contribution in [3.05, 3.63) is 16.8 Å². The lowest BCUT2D eigenvalue weighted by atomic mass is 9.91. The number of rotatable bonds is 6. The fourth-order valence-corrected chi connectivity index (χ4v) is 6.65. The summed E-state index contributed by atoms with van der Waals surface area (Å²) in [6.07, 6.45) is 8.69. The van der Waals surface area contributed by atoms with Gasteiger partial charge in [0.05, 0.1) is 24.6 Å². The van der Waals surface area contributed by atoms with Gasteiger partial charge in [-0.15, -0.1) is 11.3 Å². The van der Waals surface area contributed by atoms with Crippen molar-refractivity contribution in [3.8, 4) is 5.88 Å². The molecule has 1 saturated heterocycles. The first kappa shape index (κ1) is 21.1. The van der Waals surface area contributed by atoms with Crippen LogP contribution in [0.3, 0.4) is 0 Å². The maximum atomic E-state index is 11.5. The molecule has 2 aliphatic carbocycles. The van der Waals surface area contributed by atoms with Crippen molar-refractivity contribution in [2.75, 3.05) is 26.3 Å². The molecule has 0 bridgehead atoms. The standard InChI is InChI=1S/C22H31N5O3S/c23-16(20(24)28)11-13-1-6-17-18(13)19-21(25-12-26-22(19)31-17)30-15-4-2-14(3-5-15)27-7-9-29-10-8-27/h12-16H,1-11,23H2,(H2,24,28)/t13-,14?,15?,16?/m1/s1. The number of carbonyl (C=O) groups is 1. The van der Waals surface area contributed by atoms with Crippen molar-refractivity contribution in [1.82, 2.24) is 14.9 Å². The van der Waals surface area contributed by atoms with E-state index in [2.05, 4.69) is 14.9 Å². The van der Waals surface area contributed by atoms with Crippen molar-refractivity contribution in [2.45, 2.75) is 69.1 Å². The van der Waals surface area contributed by atoms with Crippen LogP contribution in [0, 0.1) is 0 Å². The van der Waals surface area contributed by atoms with Gasteiger partial charge in [0, 0.05) is 24.0 Å². The molecule has 5 rings (SSSR count). The Morgan fingerprint density at radius 3 is 2.74 bits per heavy atom. The van der Waals surface area contributed by atoms with Crippen LogP contribution in [0.5, 0.6) is 5.88 Å². The quantitative estimate of drug-likeness (QED) is 0.698. The molecule has 2 atom stereocenters. The number of primary amides is 1. The number of nitrogens with zero attached hydrogens (tertiary/aromatic N) is 3. The lowest BCUT2D eigenvalue weighted by Gasteiger charge is -2.38. The zero-order chi connectivity index (χ0) is 21.4. The number of thiophene rings is 1. The number of aryl methyl sites for hydroxylation is 1. The molecule has 31 heavy (non-hydrogen) atoms. The van der Waals surface area contributed by atoms with E-state index in [1.54, 1.807) is 17.7 Å². The molecule has 1 unspecified atom stereocenters. The third-order valence-corrected chi connectivity index (χ3v) is 8.26. The summed E-state index contributed by atoms with van der Waals surface area (Å²) < 4.78 is 12.0. The van der Waals surface area contributed by atoms with Crippen LogP contribution in [-0.4, -0.2) is 65.3 Å². The molecule has 8 nitrogen and oxygen atoms in total. The summed E-state index contributed by atoms with van der Waals surface area (Å²) in [6.45, 7) is 3.77. The Kier molecular flexibility index (Phi) is 6.10. The Labute approximate surface area is 186 Å². The number of ether oxygens (including phenoxy) is 2. The smallest absolute Gasteiger partial charge is 0.234 e. The second kappa shape index (κ2) is 8.97. The number of hydrogen-bond donors (Lipinski definition) is 2. The van der Waals surface area contributed by atoms with Gasteiger partial charge in [0.1, 0.15) is 17.3 Å². The second-order valence-electron chi connectivity index (χ2n) is 8.97. The molecule has 0 radical (unpaired) electrons. The number of carbonyl (C=O) groups excluding carboxylic acids is 1. The number of nitrogens with two attached hydrogens (primary N) is 2. The highest BCUT2D eigenvalue weighted by molar-refractivity contribution is 7.19. The third kappa shape index (κ3) is 4.28. The highest BCUT2D eigenvalue weighted by Crippen LogP contribution is 2.47. The van der Waals surface area contributed by atoms with Gasteiger partial charge in [-0.2, -0.15) is 0 Å². The zero-order valence-corrected chi connectivity index (χ0v) is 18.6. The third-order valence-electron chi connectivity index (χ3n) is 7.08. The summed E-state index contributed by atoms with van der Waals surface area (Å²) in [5.74, 6) is 0.450. The predicted molar refractivity (Wildman–Crippen MR) is 119 cm³/mol. The van der Waals surface area contributed by atoms with E-state index in [-0.39, 0.29) is 12.0 Å². The molecule has 1 aliphatic heterocycles. The molecule has 3 aliphatic rings. The van der Waals surface area contributed by atoms with Crippen LogP contribution in [0.15, 0.2) is 6.33 Å². The van der Waals surface area contributed by atoms with E-state index < -0.39 is 11.9 Å². The van der Waals surface area contributed by atoms with Gasteiger partial charge in [0.25, 0.3) is 0 Å². The zero-order valence-electron chi connectivity index (χ0n) is 17.8. The SMILES string of the molecule is NC(=O)C(N)C[C@H]1CCc2sc3ncnc(OC4CCC(N5CCOCC5)CC4)c3c21. The van der Waals surface area contributed by atoms with E-state index in [9.17, 15) is 4.79 Å². The van der Waals surface area contributed by atoms with Crippen LogP contribution < -0.4 is 16.2 Å². The van der Waals surface area contributed by atoms with E-state index in [0.29, 0.717) is 18.3 Å². The van der Waals surface area contributed by atoms with Gasteiger partial charge in [-0.1, -0.05) is 0 Å². The molecule has 0 aromatic carbocycles. The van der Waals surface area contributed by atoms with Crippen molar-refractivity contribution in [2.24, 2.45) is 11.5 Å². The van der Waals surface area contributed by atoms with Crippen LogP contribution in [0.1, 0.15) is 54.9 Å². The maximum Gasteiger partial charge on any atom is 0.234 e. The topological polar surface area (TPSA) is 117 Å². The van der Waals surface area contributed by atoms with Gasteiger partial charge >= 0.3 is 0 Å². The van der Waals surface area contributed by atoms with Gasteiger partial charge in [-0.25, -0.2) is 9.97 Å². The summed E-state index contributed by atoms with van der Waals surface area (Å²) >= 11 is 1.71. The molecule has 1 amide bonds. The van der Waals surface area contributed by atoms with E-state index in [1.165, 1.54) is 10.4 Å². The van der Waals surface area contributed by atoms with Gasteiger partial charge in [0.2, 0.25) is 11.8 Å². The van der Waals surface area contributed by atoms with Crippen LogP contribution >= 0.6 is 11.3 Å². The average molecular weight is 446 g/mol. The van der Waals surface area contributed by atoms with Crippen molar-refractivity contribution < 1.29 is 14.3 Å². The van der Waals surface area contributed by atoms with Gasteiger partial charge in [-0.3, -0.25) is 9.69 Å². The van der Waals surface area contributed by atoms with E-state index in [0.717, 1.165) is 75.0 Å². The van der Waals surface area contributed by atoms with Gasteiger partial charge in [-0.05, 0) is 56.4 Å². The van der Waals surface area contributed by atoms with Crippen LogP contribution in [0.25, 0.3) is 10.2 Å². The molecule has 3 heterocycles. The minimum Gasteiger partial charge on any atom is -0.474 e. The van der Waals surface area contributed by atoms with Gasteiger partial charge < -0.3 is 20.9 Å². The average Bonchev–Trinajstić information content (AvgIpc) is 3.35. The molecule has 2 fully saturated rings. The summed E-state index contributed by atoms with van der Waals surface area (Å²) in [4.78, 5) is 25.4. The molecule has 1 saturated carbocycles. The first-order chi connectivity index (χ1) is 15.1. The number of hydrogen-bond acceptors (Lipinski definition) is 8. The van der Waals surface area contributed by atoms with Crippen LogP contribution in [0.2, 0.25) is 0 Å². The fraction of sp³-hybridized carbons (Fsp3) is 0.682. The van der Waals surface area contributed by atoms with Crippen LogP contribution in [-0.2, 0) is 16.0 Å². The highest BCUT2D eigenvalue weighted by Gasteiger charge is 2.33. The Bertz CT molecular complexity index is 937. The van der Waals surface area contributed by atoms with Crippen molar-refractivity contribution in [1.29, 1.82) is 0 Å². The fourth-order valence-electron chi connectivity index (χ4n) is 5.42. The number of fused-ring (bicyclic) bond motifs is 3.